The second-order valence-corrected chi connectivity index (χ2v) is 3.98. The lowest BCUT2D eigenvalue weighted by Gasteiger charge is -2.09. The first-order chi connectivity index (χ1) is 8.22. The van der Waals surface area contributed by atoms with E-state index in [2.05, 4.69) is 16.5 Å². The Kier molecular flexibility index (Phi) is 3.31. The zero-order valence-electron chi connectivity index (χ0n) is 9.31. The van der Waals surface area contributed by atoms with E-state index in [-0.39, 0.29) is 0 Å². The van der Waals surface area contributed by atoms with E-state index in [0.717, 1.165) is 11.4 Å². The normalized spacial score (nSPS) is 9.94. The topological polar surface area (TPSA) is 53.6 Å². The fourth-order valence-electron chi connectivity index (χ4n) is 1.55. The molecule has 1 heterocycles. The molecule has 5 heteroatoms. The molecule has 0 aliphatic rings. The third-order valence-electron chi connectivity index (χ3n) is 2.51. The first-order valence-electron chi connectivity index (χ1n) is 5.11. The highest BCUT2D eigenvalue weighted by Crippen LogP contribution is 2.23. The largest absolute Gasteiger partial charge is 0.378 e. The van der Waals surface area contributed by atoms with Gasteiger partial charge in [0.05, 0.1) is 28.5 Å². The van der Waals surface area contributed by atoms with Gasteiger partial charge < -0.3 is 5.32 Å². The number of aromatic nitrogens is 2. The Balaban J connectivity index is 2.18. The van der Waals surface area contributed by atoms with Gasteiger partial charge in [-0.25, -0.2) is 0 Å². The summed E-state index contributed by atoms with van der Waals surface area (Å²) in [4.78, 5) is 0. The quantitative estimate of drug-likeness (QED) is 0.906. The van der Waals surface area contributed by atoms with Crippen molar-refractivity contribution in [3.63, 3.8) is 0 Å². The summed E-state index contributed by atoms with van der Waals surface area (Å²) < 4.78 is 1.78. The van der Waals surface area contributed by atoms with Gasteiger partial charge in [-0.05, 0) is 18.2 Å². The molecule has 0 amide bonds. The number of halogens is 1. The van der Waals surface area contributed by atoms with Gasteiger partial charge in [0.15, 0.2) is 0 Å². The number of aryl methyl sites for hydroxylation is 1. The van der Waals surface area contributed by atoms with Gasteiger partial charge in [0.2, 0.25) is 0 Å². The Bertz CT molecular complexity index is 568. The van der Waals surface area contributed by atoms with Crippen LogP contribution in [0.2, 0.25) is 5.02 Å². The summed E-state index contributed by atoms with van der Waals surface area (Å²) in [5.74, 6) is 0. The van der Waals surface area contributed by atoms with Crippen molar-refractivity contribution < 1.29 is 0 Å². The molecule has 2 rings (SSSR count). The number of hydrogen-bond acceptors (Lipinski definition) is 3. The van der Waals surface area contributed by atoms with Gasteiger partial charge in [0, 0.05) is 13.2 Å². The van der Waals surface area contributed by atoms with Crippen molar-refractivity contribution in [1.82, 2.24) is 9.78 Å². The van der Waals surface area contributed by atoms with E-state index in [9.17, 15) is 0 Å². The van der Waals surface area contributed by atoms with Crippen molar-refractivity contribution in [1.29, 1.82) is 5.26 Å². The molecular formula is C12H11ClN4. The van der Waals surface area contributed by atoms with Crippen molar-refractivity contribution in [3.05, 3.63) is 46.7 Å². The van der Waals surface area contributed by atoms with Crippen LogP contribution in [0.15, 0.2) is 30.5 Å². The molecule has 2 aromatic rings. The highest BCUT2D eigenvalue weighted by atomic mass is 35.5. The van der Waals surface area contributed by atoms with E-state index in [1.807, 2.05) is 25.2 Å². The first-order valence-corrected chi connectivity index (χ1v) is 5.49. The van der Waals surface area contributed by atoms with E-state index in [0.29, 0.717) is 17.1 Å². The number of hydrogen-bond donors (Lipinski definition) is 1. The van der Waals surface area contributed by atoms with Gasteiger partial charge in [0.25, 0.3) is 0 Å². The van der Waals surface area contributed by atoms with E-state index < -0.39 is 0 Å². The lowest BCUT2D eigenvalue weighted by atomic mass is 10.2. The van der Waals surface area contributed by atoms with Gasteiger partial charge in [-0.2, -0.15) is 10.4 Å². The molecule has 1 aromatic heterocycles. The number of rotatable bonds is 3. The molecule has 0 aliphatic heterocycles. The lowest BCUT2D eigenvalue weighted by Crippen LogP contribution is -2.06. The fraction of sp³-hybridized carbons (Fsp3) is 0.167. The summed E-state index contributed by atoms with van der Waals surface area (Å²) in [6.45, 7) is 0.603. The van der Waals surface area contributed by atoms with Crippen LogP contribution in [0.4, 0.5) is 5.69 Å². The Morgan fingerprint density at radius 2 is 2.29 bits per heavy atom. The third-order valence-corrected chi connectivity index (χ3v) is 2.82. The van der Waals surface area contributed by atoms with Crippen LogP contribution >= 0.6 is 11.6 Å². The van der Waals surface area contributed by atoms with Gasteiger partial charge >= 0.3 is 0 Å². The minimum atomic E-state index is 0.461. The van der Waals surface area contributed by atoms with Crippen LogP contribution in [0.5, 0.6) is 0 Å². The molecule has 0 fully saturated rings. The molecule has 0 unspecified atom stereocenters. The van der Waals surface area contributed by atoms with Gasteiger partial charge in [0.1, 0.15) is 6.07 Å². The monoisotopic (exact) mass is 246 g/mol. The molecule has 0 saturated heterocycles. The summed E-state index contributed by atoms with van der Waals surface area (Å²) >= 11 is 5.94. The average molecular weight is 247 g/mol. The van der Waals surface area contributed by atoms with Crippen LogP contribution in [0, 0.1) is 11.3 Å². The van der Waals surface area contributed by atoms with Gasteiger partial charge in [-0.1, -0.05) is 17.7 Å². The molecule has 0 radical (unpaired) electrons. The van der Waals surface area contributed by atoms with E-state index in [1.54, 1.807) is 16.9 Å². The summed E-state index contributed by atoms with van der Waals surface area (Å²) in [5.41, 5.74) is 2.24. The zero-order valence-corrected chi connectivity index (χ0v) is 10.1. The molecule has 0 bridgehead atoms. The van der Waals surface area contributed by atoms with Crippen LogP contribution in [-0.2, 0) is 13.6 Å². The number of nitriles is 1. The van der Waals surface area contributed by atoms with Crippen LogP contribution in [-0.4, -0.2) is 9.78 Å². The van der Waals surface area contributed by atoms with Gasteiger partial charge in [-0.3, -0.25) is 4.68 Å². The SMILES string of the molecule is Cn1nccc1CNc1cccc(Cl)c1C#N. The third kappa shape index (κ3) is 2.40. The maximum Gasteiger partial charge on any atom is 0.103 e. The van der Waals surface area contributed by atoms with E-state index in [1.165, 1.54) is 0 Å². The molecule has 1 N–H and O–H groups in total. The zero-order chi connectivity index (χ0) is 12.3. The van der Waals surface area contributed by atoms with E-state index in [4.69, 9.17) is 16.9 Å². The molecule has 1 aromatic carbocycles. The Morgan fingerprint density at radius 3 is 2.94 bits per heavy atom. The minimum absolute atomic E-state index is 0.461. The molecular weight excluding hydrogens is 236 g/mol. The highest BCUT2D eigenvalue weighted by molar-refractivity contribution is 6.32. The molecule has 0 atom stereocenters. The van der Waals surface area contributed by atoms with Crippen LogP contribution < -0.4 is 5.32 Å². The Hall–Kier alpha value is -1.99. The van der Waals surface area contributed by atoms with Crippen LogP contribution in [0.25, 0.3) is 0 Å². The second-order valence-electron chi connectivity index (χ2n) is 3.57. The van der Waals surface area contributed by atoms with Crippen LogP contribution in [0.1, 0.15) is 11.3 Å². The second kappa shape index (κ2) is 4.89. The average Bonchev–Trinajstić information content (AvgIpc) is 2.72. The molecule has 17 heavy (non-hydrogen) atoms. The number of anilines is 1. The van der Waals surface area contributed by atoms with Crippen molar-refractivity contribution >= 4 is 17.3 Å². The predicted molar refractivity (Wildman–Crippen MR) is 66.7 cm³/mol. The number of nitrogens with one attached hydrogen (secondary N) is 1. The predicted octanol–water partition coefficient (Wildman–Crippen LogP) is 2.56. The van der Waals surface area contributed by atoms with Crippen molar-refractivity contribution in [2.75, 3.05) is 5.32 Å². The Morgan fingerprint density at radius 1 is 1.47 bits per heavy atom. The van der Waals surface area contributed by atoms with Crippen molar-refractivity contribution in [2.45, 2.75) is 6.54 Å². The fourth-order valence-corrected chi connectivity index (χ4v) is 1.76. The minimum Gasteiger partial charge on any atom is -0.378 e. The standard InChI is InChI=1S/C12H11ClN4/c1-17-9(5-6-16-17)8-15-12-4-2-3-11(13)10(12)7-14/h2-6,15H,8H2,1H3. The van der Waals surface area contributed by atoms with Crippen molar-refractivity contribution in [2.24, 2.45) is 7.05 Å². The summed E-state index contributed by atoms with van der Waals surface area (Å²) in [5, 5.41) is 16.7. The molecule has 0 saturated carbocycles. The maximum absolute atomic E-state index is 9.02. The van der Waals surface area contributed by atoms with Gasteiger partial charge in [-0.15, -0.1) is 0 Å². The summed E-state index contributed by atoms with van der Waals surface area (Å²) in [6, 6.07) is 9.36. The van der Waals surface area contributed by atoms with Crippen molar-refractivity contribution in [3.8, 4) is 6.07 Å². The lowest BCUT2D eigenvalue weighted by molar-refractivity contribution is 0.720. The highest BCUT2D eigenvalue weighted by Gasteiger charge is 2.06. The molecule has 0 aliphatic carbocycles. The molecule has 4 nitrogen and oxygen atoms in total. The first kappa shape index (κ1) is 11.5. The summed E-state index contributed by atoms with van der Waals surface area (Å²) in [7, 11) is 1.88. The van der Waals surface area contributed by atoms with E-state index >= 15 is 0 Å². The smallest absolute Gasteiger partial charge is 0.103 e. The maximum atomic E-state index is 9.02. The number of benzene rings is 1. The van der Waals surface area contributed by atoms with Crippen LogP contribution in [0.3, 0.4) is 0 Å². The summed E-state index contributed by atoms with van der Waals surface area (Å²) in [6.07, 6.45) is 1.74. The molecule has 86 valence electrons. The Labute approximate surface area is 104 Å². The molecule has 0 spiro atoms. The number of nitrogens with zero attached hydrogens (tertiary/aromatic N) is 3.